The molecule has 0 spiro atoms. The zero-order valence-electron chi connectivity index (χ0n) is 13.5. The monoisotopic (exact) mass is 335 g/mol. The summed E-state index contributed by atoms with van der Waals surface area (Å²) in [6.45, 7) is 1.25. The van der Waals surface area contributed by atoms with Gasteiger partial charge in [-0.25, -0.2) is 4.98 Å². The van der Waals surface area contributed by atoms with Gasteiger partial charge < -0.3 is 14.8 Å². The largest absolute Gasteiger partial charge is 0.472 e. The van der Waals surface area contributed by atoms with Crippen LogP contribution in [0.3, 0.4) is 0 Å². The lowest BCUT2D eigenvalue weighted by Crippen LogP contribution is -2.17. The highest BCUT2D eigenvalue weighted by Gasteiger charge is 2.18. The van der Waals surface area contributed by atoms with Gasteiger partial charge in [-0.1, -0.05) is 6.07 Å². The molecule has 0 radical (unpaired) electrons. The zero-order valence-corrected chi connectivity index (χ0v) is 13.5. The Balaban J connectivity index is 1.54. The van der Waals surface area contributed by atoms with Gasteiger partial charge in [0.25, 0.3) is 5.91 Å². The normalized spacial score (nSPS) is 16.7. The predicted octanol–water partition coefficient (Wildman–Crippen LogP) is 3.05. The lowest BCUT2D eigenvalue weighted by molar-refractivity contribution is 0.102. The molecule has 1 aliphatic heterocycles. The van der Waals surface area contributed by atoms with E-state index in [2.05, 4.69) is 15.3 Å². The molecule has 3 heterocycles. The van der Waals surface area contributed by atoms with Crippen LogP contribution in [0.1, 0.15) is 16.8 Å². The highest BCUT2D eigenvalue weighted by atomic mass is 16.5. The average Bonchev–Trinajstić information content (AvgIpc) is 3.15. The third kappa shape index (κ3) is 3.44. The van der Waals surface area contributed by atoms with Crippen LogP contribution >= 0.6 is 0 Å². The van der Waals surface area contributed by atoms with Crippen LogP contribution in [0.4, 0.5) is 5.69 Å². The Bertz CT molecular complexity index is 902. The van der Waals surface area contributed by atoms with Crippen LogP contribution in [0.5, 0.6) is 5.88 Å². The number of anilines is 1. The molecule has 6 heteroatoms. The first-order valence-electron chi connectivity index (χ1n) is 8.15. The molecule has 1 amide bonds. The number of carbonyl (C=O) groups excluding carboxylic acids is 1. The maximum atomic E-state index is 12.6. The number of hydrogen-bond donors (Lipinski definition) is 1. The summed E-state index contributed by atoms with van der Waals surface area (Å²) in [4.78, 5) is 21.1. The summed E-state index contributed by atoms with van der Waals surface area (Å²) in [5, 5.41) is 3.83. The molecule has 1 N–H and O–H groups in total. The summed E-state index contributed by atoms with van der Waals surface area (Å²) in [5.74, 6) is 0.217. The maximum absolute atomic E-state index is 12.6. The molecule has 3 aromatic rings. The van der Waals surface area contributed by atoms with Crippen molar-refractivity contribution in [1.82, 2.24) is 9.97 Å². The molecular weight excluding hydrogens is 318 g/mol. The molecule has 25 heavy (non-hydrogen) atoms. The van der Waals surface area contributed by atoms with Crippen molar-refractivity contribution in [2.45, 2.75) is 12.5 Å². The maximum Gasteiger partial charge on any atom is 0.255 e. The Hall–Kier alpha value is -2.99. The van der Waals surface area contributed by atoms with Crippen molar-refractivity contribution in [1.29, 1.82) is 0 Å². The first-order chi connectivity index (χ1) is 12.3. The van der Waals surface area contributed by atoms with Gasteiger partial charge in [0, 0.05) is 35.8 Å². The second-order valence-corrected chi connectivity index (χ2v) is 5.82. The topological polar surface area (TPSA) is 73.3 Å². The molecular formula is C19H17N3O3. The Kier molecular flexibility index (Phi) is 4.26. The Labute approximate surface area is 144 Å². The van der Waals surface area contributed by atoms with E-state index in [1.54, 1.807) is 24.5 Å². The minimum atomic E-state index is -0.216. The Morgan fingerprint density at radius 2 is 2.12 bits per heavy atom. The number of rotatable bonds is 4. The Morgan fingerprint density at radius 1 is 1.16 bits per heavy atom. The molecule has 1 saturated heterocycles. The van der Waals surface area contributed by atoms with Crippen LogP contribution in [0.15, 0.2) is 54.9 Å². The number of ether oxygens (including phenoxy) is 2. The molecule has 1 aromatic carbocycles. The van der Waals surface area contributed by atoms with E-state index < -0.39 is 0 Å². The summed E-state index contributed by atoms with van der Waals surface area (Å²) in [5.41, 5.74) is 2.05. The number of benzene rings is 1. The van der Waals surface area contributed by atoms with Gasteiger partial charge >= 0.3 is 0 Å². The van der Waals surface area contributed by atoms with Gasteiger partial charge in [-0.2, -0.15) is 0 Å². The third-order valence-electron chi connectivity index (χ3n) is 4.07. The highest BCUT2D eigenvalue weighted by molar-refractivity contribution is 6.08. The molecule has 1 fully saturated rings. The van der Waals surface area contributed by atoms with Crippen molar-refractivity contribution in [3.05, 3.63) is 60.4 Å². The molecule has 126 valence electrons. The molecule has 1 atom stereocenters. The zero-order chi connectivity index (χ0) is 17.1. The SMILES string of the molecule is O=C(Nc1cccc2ncccc12)c1ccnc(OC2CCOC2)c1. The van der Waals surface area contributed by atoms with E-state index in [1.165, 1.54) is 0 Å². The molecule has 6 nitrogen and oxygen atoms in total. The van der Waals surface area contributed by atoms with Crippen LogP contribution in [-0.4, -0.2) is 35.2 Å². The number of fused-ring (bicyclic) bond motifs is 1. The fourth-order valence-corrected chi connectivity index (χ4v) is 2.80. The predicted molar refractivity (Wildman–Crippen MR) is 93.8 cm³/mol. The van der Waals surface area contributed by atoms with Crippen LogP contribution in [0.2, 0.25) is 0 Å². The van der Waals surface area contributed by atoms with Crippen LogP contribution in [-0.2, 0) is 4.74 Å². The summed E-state index contributed by atoms with van der Waals surface area (Å²) >= 11 is 0. The van der Waals surface area contributed by atoms with E-state index in [1.807, 2.05) is 30.3 Å². The summed E-state index contributed by atoms with van der Waals surface area (Å²) in [6.07, 6.45) is 4.13. The van der Waals surface area contributed by atoms with Crippen molar-refractivity contribution in [2.24, 2.45) is 0 Å². The van der Waals surface area contributed by atoms with Crippen LogP contribution in [0.25, 0.3) is 10.9 Å². The molecule has 0 aliphatic carbocycles. The number of amides is 1. The quantitative estimate of drug-likeness (QED) is 0.793. The van der Waals surface area contributed by atoms with Crippen molar-refractivity contribution in [2.75, 3.05) is 18.5 Å². The fourth-order valence-electron chi connectivity index (χ4n) is 2.80. The Morgan fingerprint density at radius 3 is 3.00 bits per heavy atom. The summed E-state index contributed by atoms with van der Waals surface area (Å²) in [7, 11) is 0. The number of carbonyl (C=O) groups is 1. The second-order valence-electron chi connectivity index (χ2n) is 5.82. The second kappa shape index (κ2) is 6.86. The lowest BCUT2D eigenvalue weighted by Gasteiger charge is -2.12. The third-order valence-corrected chi connectivity index (χ3v) is 4.07. The van der Waals surface area contributed by atoms with Gasteiger partial charge in [-0.15, -0.1) is 0 Å². The molecule has 2 aromatic heterocycles. The van der Waals surface area contributed by atoms with Crippen LogP contribution < -0.4 is 10.1 Å². The minimum Gasteiger partial charge on any atom is -0.472 e. The molecule has 0 bridgehead atoms. The standard InChI is InChI=1S/C19H17N3O3/c23-19(22-17-5-1-4-16-15(17)3-2-8-20-16)13-6-9-21-18(11-13)25-14-7-10-24-12-14/h1-6,8-9,11,14H,7,10,12H2,(H,22,23). The molecule has 0 saturated carbocycles. The van der Waals surface area contributed by atoms with E-state index in [0.29, 0.717) is 24.7 Å². The van der Waals surface area contributed by atoms with Gasteiger partial charge in [0.05, 0.1) is 24.4 Å². The first-order valence-corrected chi connectivity index (χ1v) is 8.15. The summed E-state index contributed by atoms with van der Waals surface area (Å²) < 4.78 is 11.0. The van der Waals surface area contributed by atoms with E-state index in [0.717, 1.165) is 23.0 Å². The van der Waals surface area contributed by atoms with Gasteiger partial charge in [0.1, 0.15) is 6.10 Å². The number of aromatic nitrogens is 2. The van der Waals surface area contributed by atoms with Gasteiger partial charge in [-0.05, 0) is 30.3 Å². The van der Waals surface area contributed by atoms with E-state index in [-0.39, 0.29) is 12.0 Å². The molecule has 1 unspecified atom stereocenters. The van der Waals surface area contributed by atoms with Crippen molar-refractivity contribution in [3.63, 3.8) is 0 Å². The van der Waals surface area contributed by atoms with E-state index >= 15 is 0 Å². The van der Waals surface area contributed by atoms with Gasteiger partial charge in [-0.3, -0.25) is 9.78 Å². The van der Waals surface area contributed by atoms with E-state index in [9.17, 15) is 4.79 Å². The van der Waals surface area contributed by atoms with Crippen molar-refractivity contribution < 1.29 is 14.3 Å². The number of pyridine rings is 2. The van der Waals surface area contributed by atoms with E-state index in [4.69, 9.17) is 9.47 Å². The summed E-state index contributed by atoms with van der Waals surface area (Å²) in [6, 6.07) is 12.7. The highest BCUT2D eigenvalue weighted by Crippen LogP contribution is 2.22. The average molecular weight is 335 g/mol. The van der Waals surface area contributed by atoms with Crippen LogP contribution in [0, 0.1) is 0 Å². The molecule has 1 aliphatic rings. The fraction of sp³-hybridized carbons (Fsp3) is 0.211. The van der Waals surface area contributed by atoms with Gasteiger partial charge in [0.2, 0.25) is 5.88 Å². The van der Waals surface area contributed by atoms with Gasteiger partial charge in [0.15, 0.2) is 0 Å². The lowest BCUT2D eigenvalue weighted by atomic mass is 10.1. The molecule has 4 rings (SSSR count). The minimum absolute atomic E-state index is 0.00467. The number of hydrogen-bond acceptors (Lipinski definition) is 5. The number of nitrogens with zero attached hydrogens (tertiary/aromatic N) is 2. The smallest absolute Gasteiger partial charge is 0.255 e. The number of nitrogens with one attached hydrogen (secondary N) is 1. The van der Waals surface area contributed by atoms with Crippen molar-refractivity contribution >= 4 is 22.5 Å². The first kappa shape index (κ1) is 15.5. The van der Waals surface area contributed by atoms with Crippen molar-refractivity contribution in [3.8, 4) is 5.88 Å².